The second-order valence-electron chi connectivity index (χ2n) is 18.7. The standard InChI is InChI=1S/C46H64N2O2/c1-29-19-17-21-37(47(15)27-31-23-33(43(3,4)5)25-35(41(31)49)45(9,10)11)39(29)40-30(2)20-18-22-38(40)48(16)28-32-24-34(44(6,7)8)26-36(42(32)50)46(12,13)14/h17-26,49-50H,27-28H2,1-16H3. The molecule has 0 heterocycles. The number of anilines is 2. The van der Waals surface area contributed by atoms with Gasteiger partial charge in [0, 0.05) is 60.8 Å². The number of phenolic OH excluding ortho intramolecular Hbond substituents is 2. The molecule has 4 nitrogen and oxygen atoms in total. The average molecular weight is 677 g/mol. The van der Waals surface area contributed by atoms with Gasteiger partial charge in [0.2, 0.25) is 0 Å². The van der Waals surface area contributed by atoms with Gasteiger partial charge in [-0.2, -0.15) is 0 Å². The van der Waals surface area contributed by atoms with Crippen LogP contribution in [0.3, 0.4) is 0 Å². The van der Waals surface area contributed by atoms with E-state index >= 15 is 0 Å². The number of phenols is 2. The van der Waals surface area contributed by atoms with E-state index in [4.69, 9.17) is 0 Å². The van der Waals surface area contributed by atoms with E-state index in [0.717, 1.165) is 33.6 Å². The van der Waals surface area contributed by atoms with Crippen LogP contribution >= 0.6 is 0 Å². The van der Waals surface area contributed by atoms with Gasteiger partial charge in [0.1, 0.15) is 11.5 Å². The van der Waals surface area contributed by atoms with Crippen LogP contribution in [0.5, 0.6) is 11.5 Å². The highest BCUT2D eigenvalue weighted by molar-refractivity contribution is 5.91. The summed E-state index contributed by atoms with van der Waals surface area (Å²) in [5, 5.41) is 23.3. The molecule has 0 unspecified atom stereocenters. The summed E-state index contributed by atoms with van der Waals surface area (Å²) in [5.41, 5.74) is 12.8. The number of hydrogen-bond donors (Lipinski definition) is 2. The minimum atomic E-state index is -0.192. The maximum Gasteiger partial charge on any atom is 0.124 e. The summed E-state index contributed by atoms with van der Waals surface area (Å²) >= 11 is 0. The molecular formula is C46H64N2O2. The van der Waals surface area contributed by atoms with Crippen LogP contribution in [0.15, 0.2) is 60.7 Å². The largest absolute Gasteiger partial charge is 0.507 e. The van der Waals surface area contributed by atoms with Crippen molar-refractivity contribution in [2.75, 3.05) is 23.9 Å². The van der Waals surface area contributed by atoms with Crippen molar-refractivity contribution in [3.8, 4) is 22.6 Å². The van der Waals surface area contributed by atoms with E-state index in [0.29, 0.717) is 24.6 Å². The third kappa shape index (κ3) is 8.17. The van der Waals surface area contributed by atoms with Gasteiger partial charge in [-0.1, -0.05) is 119 Å². The Morgan fingerprint density at radius 1 is 0.480 bits per heavy atom. The summed E-state index contributed by atoms with van der Waals surface area (Å²) < 4.78 is 0. The molecule has 0 bridgehead atoms. The van der Waals surface area contributed by atoms with Gasteiger partial charge in [-0.15, -0.1) is 0 Å². The molecule has 0 atom stereocenters. The SMILES string of the molecule is Cc1cccc(N(C)Cc2cc(C(C)(C)C)cc(C(C)(C)C)c2O)c1-c1c(C)cccc1N(C)Cc1cc(C(C)(C)C)cc(C(C)(C)C)c1O. The van der Waals surface area contributed by atoms with Crippen LogP contribution in [0, 0.1) is 13.8 Å². The summed E-state index contributed by atoms with van der Waals surface area (Å²) in [6, 6.07) is 21.8. The second kappa shape index (κ2) is 13.7. The van der Waals surface area contributed by atoms with Gasteiger partial charge in [-0.3, -0.25) is 0 Å². The highest BCUT2D eigenvalue weighted by Gasteiger charge is 2.28. The molecule has 4 rings (SSSR count). The minimum absolute atomic E-state index is 0.0510. The molecule has 4 aromatic rings. The van der Waals surface area contributed by atoms with Gasteiger partial charge in [-0.05, 0) is 93.2 Å². The van der Waals surface area contributed by atoms with Gasteiger partial charge in [0.25, 0.3) is 0 Å². The van der Waals surface area contributed by atoms with Crippen molar-refractivity contribution >= 4 is 11.4 Å². The molecule has 0 aromatic heterocycles. The molecule has 2 N–H and O–H groups in total. The third-order valence-electron chi connectivity index (χ3n) is 10.1. The Bertz CT molecular complexity index is 1720. The Labute approximate surface area is 304 Å². The maximum atomic E-state index is 11.7. The molecule has 0 saturated carbocycles. The van der Waals surface area contributed by atoms with Crippen LogP contribution < -0.4 is 9.80 Å². The van der Waals surface area contributed by atoms with Gasteiger partial charge in [0.05, 0.1) is 0 Å². The van der Waals surface area contributed by atoms with Gasteiger partial charge in [-0.25, -0.2) is 0 Å². The smallest absolute Gasteiger partial charge is 0.124 e. The van der Waals surface area contributed by atoms with E-state index in [1.807, 2.05) is 0 Å². The van der Waals surface area contributed by atoms with Crippen molar-refractivity contribution in [2.45, 2.75) is 132 Å². The zero-order valence-corrected chi connectivity index (χ0v) is 34.0. The monoisotopic (exact) mass is 676 g/mol. The Balaban J connectivity index is 1.85. The molecule has 0 spiro atoms. The first-order valence-corrected chi connectivity index (χ1v) is 18.2. The van der Waals surface area contributed by atoms with Crippen LogP contribution in [0.4, 0.5) is 11.4 Å². The van der Waals surface area contributed by atoms with E-state index in [9.17, 15) is 10.2 Å². The summed E-state index contributed by atoms with van der Waals surface area (Å²) in [5.74, 6) is 0.768. The quantitative estimate of drug-likeness (QED) is 0.204. The van der Waals surface area contributed by atoms with E-state index in [1.165, 1.54) is 33.4 Å². The number of benzene rings is 4. The molecule has 0 aliphatic heterocycles. The maximum absolute atomic E-state index is 11.7. The van der Waals surface area contributed by atoms with E-state index < -0.39 is 0 Å². The molecular weight excluding hydrogens is 613 g/mol. The van der Waals surface area contributed by atoms with E-state index in [-0.39, 0.29) is 21.7 Å². The predicted octanol–water partition coefficient (Wildman–Crippen LogP) is 11.8. The molecule has 0 aliphatic carbocycles. The summed E-state index contributed by atoms with van der Waals surface area (Å²) in [6.45, 7) is 31.9. The van der Waals surface area contributed by atoms with Crippen molar-refractivity contribution in [2.24, 2.45) is 0 Å². The van der Waals surface area contributed by atoms with E-state index in [1.54, 1.807) is 0 Å². The Kier molecular flexibility index (Phi) is 10.6. The molecule has 4 aromatic carbocycles. The molecule has 0 saturated heterocycles. The Morgan fingerprint density at radius 3 is 1.08 bits per heavy atom. The molecule has 50 heavy (non-hydrogen) atoms. The minimum Gasteiger partial charge on any atom is -0.507 e. The van der Waals surface area contributed by atoms with Crippen molar-refractivity contribution in [1.82, 2.24) is 0 Å². The van der Waals surface area contributed by atoms with Crippen molar-refractivity contribution in [1.29, 1.82) is 0 Å². The van der Waals surface area contributed by atoms with Crippen molar-refractivity contribution in [3.05, 3.63) is 105 Å². The first-order chi connectivity index (χ1) is 22.8. The first kappa shape index (κ1) is 38.9. The highest BCUT2D eigenvalue weighted by atomic mass is 16.3. The first-order valence-electron chi connectivity index (χ1n) is 18.2. The lowest BCUT2D eigenvalue weighted by molar-refractivity contribution is 0.437. The topological polar surface area (TPSA) is 46.9 Å². The predicted molar refractivity (Wildman–Crippen MR) is 217 cm³/mol. The second-order valence-corrected chi connectivity index (χ2v) is 18.7. The Morgan fingerprint density at radius 2 is 0.800 bits per heavy atom. The fourth-order valence-electron chi connectivity index (χ4n) is 6.91. The number of hydrogen-bond acceptors (Lipinski definition) is 4. The number of aromatic hydroxyl groups is 2. The number of aryl methyl sites for hydroxylation is 2. The van der Waals surface area contributed by atoms with Crippen LogP contribution in [-0.4, -0.2) is 24.3 Å². The van der Waals surface area contributed by atoms with E-state index in [2.05, 4.69) is 181 Å². The van der Waals surface area contributed by atoms with Crippen LogP contribution in [0.1, 0.15) is 128 Å². The molecule has 0 amide bonds. The van der Waals surface area contributed by atoms with Crippen molar-refractivity contribution < 1.29 is 10.2 Å². The molecule has 4 heteroatoms. The molecule has 270 valence electrons. The molecule has 0 radical (unpaired) electrons. The van der Waals surface area contributed by atoms with Gasteiger partial charge >= 0.3 is 0 Å². The summed E-state index contributed by atoms with van der Waals surface area (Å²) in [6.07, 6.45) is 0. The lowest BCUT2D eigenvalue weighted by Gasteiger charge is -2.32. The number of rotatable bonds is 7. The third-order valence-corrected chi connectivity index (χ3v) is 10.1. The fourth-order valence-corrected chi connectivity index (χ4v) is 6.91. The summed E-state index contributed by atoms with van der Waals surface area (Å²) in [4.78, 5) is 4.56. The van der Waals surface area contributed by atoms with Gasteiger partial charge < -0.3 is 20.0 Å². The molecule has 0 fully saturated rings. The lowest BCUT2D eigenvalue weighted by Crippen LogP contribution is -2.23. The molecule has 0 aliphatic rings. The Hall–Kier alpha value is -3.92. The van der Waals surface area contributed by atoms with Crippen molar-refractivity contribution in [3.63, 3.8) is 0 Å². The van der Waals surface area contributed by atoms with Gasteiger partial charge in [0.15, 0.2) is 0 Å². The summed E-state index contributed by atoms with van der Waals surface area (Å²) in [7, 11) is 4.26. The van der Waals surface area contributed by atoms with Crippen LogP contribution in [-0.2, 0) is 34.7 Å². The zero-order chi connectivity index (χ0) is 37.7. The van der Waals surface area contributed by atoms with Crippen LogP contribution in [0.2, 0.25) is 0 Å². The number of nitrogens with zero attached hydrogens (tertiary/aromatic N) is 2. The highest BCUT2D eigenvalue weighted by Crippen LogP contribution is 2.44. The average Bonchev–Trinajstić information content (AvgIpc) is 2.96. The zero-order valence-electron chi connectivity index (χ0n) is 34.0. The fraction of sp³-hybridized carbons (Fsp3) is 0.478. The lowest BCUT2D eigenvalue weighted by atomic mass is 9.79. The van der Waals surface area contributed by atoms with Crippen LogP contribution in [0.25, 0.3) is 11.1 Å². The normalized spacial score (nSPS) is 12.7.